The zero-order chi connectivity index (χ0) is 12.3. The van der Waals surface area contributed by atoms with E-state index in [0.717, 1.165) is 6.42 Å². The number of thiophene rings is 1. The highest BCUT2D eigenvalue weighted by Gasteiger charge is 2.20. The maximum atomic E-state index is 5.93. The van der Waals surface area contributed by atoms with E-state index < -0.39 is 0 Å². The van der Waals surface area contributed by atoms with Crippen molar-refractivity contribution in [2.45, 2.75) is 64.1 Å². The Morgan fingerprint density at radius 2 is 2.06 bits per heavy atom. The van der Waals surface area contributed by atoms with Crippen LogP contribution in [0, 0.1) is 0 Å². The summed E-state index contributed by atoms with van der Waals surface area (Å²) in [7, 11) is 0. The molecule has 1 aromatic heterocycles. The summed E-state index contributed by atoms with van der Waals surface area (Å²) < 4.78 is 0. The van der Waals surface area contributed by atoms with Crippen molar-refractivity contribution in [1.82, 2.24) is 5.32 Å². The molecular formula is C14H24N2S. The third kappa shape index (κ3) is 3.54. The molecule has 1 fully saturated rings. The first kappa shape index (κ1) is 13.1. The predicted octanol–water partition coefficient (Wildman–Crippen LogP) is 3.23. The zero-order valence-corrected chi connectivity index (χ0v) is 11.7. The van der Waals surface area contributed by atoms with Crippen LogP contribution in [-0.4, -0.2) is 12.1 Å². The Hall–Kier alpha value is -0.380. The quantitative estimate of drug-likeness (QED) is 0.863. The van der Waals surface area contributed by atoms with E-state index in [1.54, 1.807) is 0 Å². The summed E-state index contributed by atoms with van der Waals surface area (Å²) in [5.41, 5.74) is 5.93. The number of hydrogen-bond donors (Lipinski definition) is 2. The molecule has 1 aliphatic carbocycles. The van der Waals surface area contributed by atoms with Crippen molar-refractivity contribution in [1.29, 1.82) is 0 Å². The molecule has 3 N–H and O–H groups in total. The first-order valence-electron chi connectivity index (χ1n) is 6.79. The van der Waals surface area contributed by atoms with Gasteiger partial charge in [-0.15, -0.1) is 11.3 Å². The van der Waals surface area contributed by atoms with E-state index in [9.17, 15) is 0 Å². The maximum absolute atomic E-state index is 5.93. The maximum Gasteiger partial charge on any atom is 0.0388 e. The van der Waals surface area contributed by atoms with Gasteiger partial charge in [0.2, 0.25) is 0 Å². The first-order valence-corrected chi connectivity index (χ1v) is 7.61. The van der Waals surface area contributed by atoms with Crippen LogP contribution in [0.5, 0.6) is 0 Å². The lowest BCUT2D eigenvalue weighted by molar-refractivity contribution is 0.323. The molecule has 2 nitrogen and oxygen atoms in total. The van der Waals surface area contributed by atoms with Gasteiger partial charge >= 0.3 is 0 Å². The Bertz CT molecular complexity index is 340. The SMILES string of the molecule is CCc1ccc(C(C)NC2CCC(N)CC2)s1. The van der Waals surface area contributed by atoms with Gasteiger partial charge in [-0.2, -0.15) is 0 Å². The number of nitrogens with one attached hydrogen (secondary N) is 1. The van der Waals surface area contributed by atoms with Crippen LogP contribution >= 0.6 is 11.3 Å². The molecule has 1 atom stereocenters. The van der Waals surface area contributed by atoms with Gasteiger partial charge in [-0.1, -0.05) is 6.92 Å². The summed E-state index contributed by atoms with van der Waals surface area (Å²) >= 11 is 1.94. The average molecular weight is 252 g/mol. The second-order valence-corrected chi connectivity index (χ2v) is 6.36. The van der Waals surface area contributed by atoms with E-state index in [-0.39, 0.29) is 0 Å². The summed E-state index contributed by atoms with van der Waals surface area (Å²) in [6, 6.07) is 6.12. The highest BCUT2D eigenvalue weighted by atomic mass is 32.1. The molecule has 3 heteroatoms. The van der Waals surface area contributed by atoms with Crippen LogP contribution in [0.2, 0.25) is 0 Å². The molecule has 0 aromatic carbocycles. The fourth-order valence-electron chi connectivity index (χ4n) is 2.54. The van der Waals surface area contributed by atoms with Crippen molar-refractivity contribution in [3.05, 3.63) is 21.9 Å². The van der Waals surface area contributed by atoms with Crippen molar-refractivity contribution in [2.75, 3.05) is 0 Å². The molecule has 1 saturated carbocycles. The van der Waals surface area contributed by atoms with E-state index in [1.165, 1.54) is 35.4 Å². The van der Waals surface area contributed by atoms with Crippen LogP contribution in [0.4, 0.5) is 0 Å². The fraction of sp³-hybridized carbons (Fsp3) is 0.714. The normalized spacial score (nSPS) is 27.0. The minimum absolute atomic E-state index is 0.441. The Morgan fingerprint density at radius 3 is 2.65 bits per heavy atom. The second-order valence-electron chi connectivity index (χ2n) is 5.16. The van der Waals surface area contributed by atoms with Crippen molar-refractivity contribution < 1.29 is 0 Å². The third-order valence-corrected chi connectivity index (χ3v) is 5.13. The van der Waals surface area contributed by atoms with Crippen molar-refractivity contribution in [3.8, 4) is 0 Å². The summed E-state index contributed by atoms with van der Waals surface area (Å²) in [6.07, 6.45) is 5.97. The number of nitrogens with two attached hydrogens (primary N) is 1. The molecule has 1 aliphatic rings. The molecular weight excluding hydrogens is 228 g/mol. The van der Waals surface area contributed by atoms with Crippen molar-refractivity contribution in [2.24, 2.45) is 5.73 Å². The van der Waals surface area contributed by atoms with Gasteiger partial charge in [0.15, 0.2) is 0 Å². The molecule has 0 bridgehead atoms. The average Bonchev–Trinajstić information content (AvgIpc) is 2.81. The number of rotatable bonds is 4. The topological polar surface area (TPSA) is 38.0 Å². The van der Waals surface area contributed by atoms with Gasteiger partial charge in [-0.25, -0.2) is 0 Å². The van der Waals surface area contributed by atoms with Gasteiger partial charge in [-0.05, 0) is 51.2 Å². The van der Waals surface area contributed by atoms with Crippen LogP contribution in [-0.2, 0) is 6.42 Å². The Balaban J connectivity index is 1.86. The molecule has 0 amide bonds. The van der Waals surface area contributed by atoms with Gasteiger partial charge in [0, 0.05) is 27.9 Å². The van der Waals surface area contributed by atoms with Gasteiger partial charge < -0.3 is 11.1 Å². The largest absolute Gasteiger partial charge is 0.328 e. The number of hydrogen-bond acceptors (Lipinski definition) is 3. The Kier molecular flexibility index (Phi) is 4.60. The monoisotopic (exact) mass is 252 g/mol. The fourth-order valence-corrected chi connectivity index (χ4v) is 3.50. The summed E-state index contributed by atoms with van der Waals surface area (Å²) in [5, 5.41) is 3.75. The van der Waals surface area contributed by atoms with E-state index in [0.29, 0.717) is 18.1 Å². The van der Waals surface area contributed by atoms with Crippen molar-refractivity contribution in [3.63, 3.8) is 0 Å². The first-order chi connectivity index (χ1) is 8.19. The standard InChI is InChI=1S/C14H24N2S/c1-3-13-8-9-14(17-13)10(2)16-12-6-4-11(15)5-7-12/h8-12,16H,3-7,15H2,1-2H3. The summed E-state index contributed by atoms with van der Waals surface area (Å²) in [4.78, 5) is 2.95. The molecule has 0 aliphatic heterocycles. The van der Waals surface area contributed by atoms with Gasteiger partial charge in [0.25, 0.3) is 0 Å². The summed E-state index contributed by atoms with van der Waals surface area (Å²) in [5.74, 6) is 0. The lowest BCUT2D eigenvalue weighted by Gasteiger charge is -2.29. The van der Waals surface area contributed by atoms with Gasteiger partial charge in [0.05, 0.1) is 0 Å². The van der Waals surface area contributed by atoms with Crippen LogP contribution in [0.25, 0.3) is 0 Å². The molecule has 1 aromatic rings. The van der Waals surface area contributed by atoms with Gasteiger partial charge in [0.1, 0.15) is 0 Å². The third-order valence-electron chi connectivity index (χ3n) is 3.72. The molecule has 96 valence electrons. The lowest BCUT2D eigenvalue weighted by atomic mass is 9.91. The Labute approximate surface area is 109 Å². The molecule has 0 saturated heterocycles. The van der Waals surface area contributed by atoms with E-state index >= 15 is 0 Å². The van der Waals surface area contributed by atoms with E-state index in [1.807, 2.05) is 11.3 Å². The van der Waals surface area contributed by atoms with E-state index in [4.69, 9.17) is 5.73 Å². The predicted molar refractivity (Wildman–Crippen MR) is 75.5 cm³/mol. The van der Waals surface area contributed by atoms with Crippen LogP contribution in [0.3, 0.4) is 0 Å². The molecule has 0 spiro atoms. The van der Waals surface area contributed by atoms with Crippen LogP contribution in [0.15, 0.2) is 12.1 Å². The van der Waals surface area contributed by atoms with Crippen LogP contribution in [0.1, 0.15) is 55.3 Å². The highest BCUT2D eigenvalue weighted by molar-refractivity contribution is 7.12. The molecule has 17 heavy (non-hydrogen) atoms. The molecule has 0 radical (unpaired) electrons. The highest BCUT2D eigenvalue weighted by Crippen LogP contribution is 2.26. The minimum atomic E-state index is 0.441. The Morgan fingerprint density at radius 1 is 1.35 bits per heavy atom. The molecule has 2 rings (SSSR count). The minimum Gasteiger partial charge on any atom is -0.328 e. The summed E-state index contributed by atoms with van der Waals surface area (Å²) in [6.45, 7) is 4.50. The van der Waals surface area contributed by atoms with Crippen LogP contribution < -0.4 is 11.1 Å². The van der Waals surface area contributed by atoms with Gasteiger partial charge in [-0.3, -0.25) is 0 Å². The van der Waals surface area contributed by atoms with Crippen molar-refractivity contribution >= 4 is 11.3 Å². The second kappa shape index (κ2) is 5.98. The van der Waals surface area contributed by atoms with E-state index in [2.05, 4.69) is 31.3 Å². The zero-order valence-electron chi connectivity index (χ0n) is 10.9. The smallest absolute Gasteiger partial charge is 0.0388 e. The number of aryl methyl sites for hydroxylation is 1. The molecule has 1 unspecified atom stereocenters. The lowest BCUT2D eigenvalue weighted by Crippen LogP contribution is -2.38. The molecule has 1 heterocycles.